The average molecular weight is 295 g/mol. The van der Waals surface area contributed by atoms with E-state index >= 15 is 0 Å². The van der Waals surface area contributed by atoms with Crippen molar-refractivity contribution in [2.24, 2.45) is 0 Å². The molecule has 1 aliphatic heterocycles. The van der Waals surface area contributed by atoms with E-state index < -0.39 is 10.2 Å². The van der Waals surface area contributed by atoms with Gasteiger partial charge in [-0.2, -0.15) is 17.0 Å². The number of hydrogen-bond acceptors (Lipinski definition) is 3. The van der Waals surface area contributed by atoms with Crippen molar-refractivity contribution in [3.05, 3.63) is 29.8 Å². The third kappa shape index (κ3) is 2.44. The Kier molecular flexibility index (Phi) is 3.27. The molecule has 6 nitrogen and oxygen atoms in total. The zero-order valence-electron chi connectivity index (χ0n) is 11.2. The topological polar surface area (TPSA) is 69.7 Å². The van der Waals surface area contributed by atoms with Crippen molar-refractivity contribution in [3.8, 4) is 0 Å². The van der Waals surface area contributed by atoms with E-state index in [1.165, 1.54) is 8.61 Å². The Bertz CT molecular complexity index is 640. The number of rotatable bonds is 3. The summed E-state index contributed by atoms with van der Waals surface area (Å²) in [6.45, 7) is 0.0718. The number of hydrogen-bond donors (Lipinski definition) is 1. The SMILES string of the molecule is CN(C1CC1)S(=O)(=O)N1CC(=O)Nc2ccccc2C1. The van der Waals surface area contributed by atoms with Gasteiger partial charge in [0.25, 0.3) is 10.2 Å². The fourth-order valence-electron chi connectivity index (χ4n) is 2.35. The molecule has 7 heteroatoms. The second-order valence-electron chi connectivity index (χ2n) is 5.23. The van der Waals surface area contributed by atoms with Crippen LogP contribution in [0.1, 0.15) is 18.4 Å². The molecule has 0 saturated heterocycles. The number of nitrogens with one attached hydrogen (secondary N) is 1. The van der Waals surface area contributed by atoms with Crippen LogP contribution in [0.2, 0.25) is 0 Å². The average Bonchev–Trinajstić information content (AvgIpc) is 3.23. The monoisotopic (exact) mass is 295 g/mol. The van der Waals surface area contributed by atoms with Crippen LogP contribution in [0.3, 0.4) is 0 Å². The van der Waals surface area contributed by atoms with Gasteiger partial charge in [0.2, 0.25) is 5.91 Å². The molecule has 0 aromatic heterocycles. The van der Waals surface area contributed by atoms with E-state index in [-0.39, 0.29) is 25.0 Å². The molecule has 1 N–H and O–H groups in total. The smallest absolute Gasteiger partial charge is 0.282 e. The lowest BCUT2D eigenvalue weighted by molar-refractivity contribution is -0.116. The lowest BCUT2D eigenvalue weighted by atomic mass is 10.2. The lowest BCUT2D eigenvalue weighted by Crippen LogP contribution is -2.44. The summed E-state index contributed by atoms with van der Waals surface area (Å²) in [6, 6.07) is 7.36. The maximum atomic E-state index is 12.5. The van der Waals surface area contributed by atoms with Gasteiger partial charge in [0.1, 0.15) is 0 Å². The third-order valence-corrected chi connectivity index (χ3v) is 5.65. The minimum absolute atomic E-state index is 0.0848. The van der Waals surface area contributed by atoms with Crippen molar-refractivity contribution in [1.82, 2.24) is 8.61 Å². The number of fused-ring (bicyclic) bond motifs is 1. The molecule has 2 aliphatic rings. The van der Waals surface area contributed by atoms with Crippen LogP contribution in [0.25, 0.3) is 0 Å². The quantitative estimate of drug-likeness (QED) is 0.896. The summed E-state index contributed by atoms with van der Waals surface area (Å²) in [5.41, 5.74) is 1.50. The van der Waals surface area contributed by atoms with E-state index in [9.17, 15) is 13.2 Å². The zero-order chi connectivity index (χ0) is 14.3. The first-order chi connectivity index (χ1) is 9.48. The molecule has 1 saturated carbocycles. The summed E-state index contributed by atoms with van der Waals surface area (Å²) in [7, 11) is -2.01. The Labute approximate surface area is 118 Å². The number of para-hydroxylation sites is 1. The highest BCUT2D eigenvalue weighted by atomic mass is 32.2. The first-order valence-corrected chi connectivity index (χ1v) is 7.99. The molecular formula is C13H17N3O3S. The predicted octanol–water partition coefficient (Wildman–Crippen LogP) is 0.780. The Morgan fingerprint density at radius 3 is 2.65 bits per heavy atom. The number of carbonyl (C=O) groups is 1. The van der Waals surface area contributed by atoms with Crippen LogP contribution in [0, 0.1) is 0 Å². The first kappa shape index (κ1) is 13.5. The van der Waals surface area contributed by atoms with E-state index in [0.29, 0.717) is 5.69 Å². The van der Waals surface area contributed by atoms with Gasteiger partial charge in [0.05, 0.1) is 6.54 Å². The van der Waals surface area contributed by atoms with E-state index in [2.05, 4.69) is 5.32 Å². The summed E-state index contributed by atoms with van der Waals surface area (Å²) in [5.74, 6) is -0.303. The minimum Gasteiger partial charge on any atom is -0.325 e. The molecule has 1 heterocycles. The van der Waals surface area contributed by atoms with Gasteiger partial charge in [0.15, 0.2) is 0 Å². The van der Waals surface area contributed by atoms with Crippen LogP contribution in [-0.4, -0.2) is 42.6 Å². The van der Waals surface area contributed by atoms with Crippen LogP contribution in [0.15, 0.2) is 24.3 Å². The number of carbonyl (C=O) groups excluding carboxylic acids is 1. The van der Waals surface area contributed by atoms with Gasteiger partial charge in [-0.15, -0.1) is 0 Å². The molecule has 0 atom stereocenters. The molecule has 0 radical (unpaired) electrons. The van der Waals surface area contributed by atoms with E-state index in [1.54, 1.807) is 13.1 Å². The van der Waals surface area contributed by atoms with E-state index in [1.807, 2.05) is 18.2 Å². The van der Waals surface area contributed by atoms with Gasteiger partial charge >= 0.3 is 0 Å². The van der Waals surface area contributed by atoms with Crippen LogP contribution in [0.4, 0.5) is 5.69 Å². The summed E-state index contributed by atoms with van der Waals surface area (Å²) in [4.78, 5) is 11.9. The maximum Gasteiger partial charge on any atom is 0.282 e. The van der Waals surface area contributed by atoms with Crippen LogP contribution >= 0.6 is 0 Å². The third-order valence-electron chi connectivity index (χ3n) is 3.71. The van der Waals surface area contributed by atoms with Crippen molar-refractivity contribution >= 4 is 21.8 Å². The second-order valence-corrected chi connectivity index (χ2v) is 7.22. The molecule has 1 amide bonds. The van der Waals surface area contributed by atoms with E-state index in [4.69, 9.17) is 0 Å². The van der Waals surface area contributed by atoms with Gasteiger partial charge in [-0.05, 0) is 24.5 Å². The fourth-order valence-corrected chi connectivity index (χ4v) is 3.88. The Balaban J connectivity index is 1.92. The maximum absolute atomic E-state index is 12.5. The Morgan fingerprint density at radius 1 is 1.25 bits per heavy atom. The van der Waals surface area contributed by atoms with Gasteiger partial charge in [-0.25, -0.2) is 0 Å². The van der Waals surface area contributed by atoms with Crippen molar-refractivity contribution in [1.29, 1.82) is 0 Å². The molecule has 20 heavy (non-hydrogen) atoms. The predicted molar refractivity (Wildman–Crippen MR) is 75.2 cm³/mol. The van der Waals surface area contributed by atoms with Crippen molar-refractivity contribution in [2.75, 3.05) is 18.9 Å². The minimum atomic E-state index is -3.59. The Morgan fingerprint density at radius 2 is 1.95 bits per heavy atom. The highest BCUT2D eigenvalue weighted by Gasteiger charge is 2.39. The number of anilines is 1. The summed E-state index contributed by atoms with van der Waals surface area (Å²) in [6.07, 6.45) is 1.79. The van der Waals surface area contributed by atoms with Gasteiger partial charge in [-0.1, -0.05) is 18.2 Å². The number of benzene rings is 1. The molecule has 0 bridgehead atoms. The molecule has 1 fully saturated rings. The number of amides is 1. The Hall–Kier alpha value is -1.44. The summed E-state index contributed by atoms with van der Waals surface area (Å²) >= 11 is 0. The largest absolute Gasteiger partial charge is 0.325 e. The molecule has 1 aliphatic carbocycles. The molecular weight excluding hydrogens is 278 g/mol. The molecule has 3 rings (SSSR count). The summed E-state index contributed by atoms with van der Waals surface area (Å²) in [5, 5.41) is 2.74. The summed E-state index contributed by atoms with van der Waals surface area (Å²) < 4.78 is 27.7. The molecule has 0 unspecified atom stereocenters. The highest BCUT2D eigenvalue weighted by Crippen LogP contribution is 2.30. The fraction of sp³-hybridized carbons (Fsp3) is 0.462. The van der Waals surface area contributed by atoms with Crippen molar-refractivity contribution in [2.45, 2.75) is 25.4 Å². The normalized spacial score (nSPS) is 20.4. The van der Waals surface area contributed by atoms with Gasteiger partial charge in [0, 0.05) is 25.3 Å². The van der Waals surface area contributed by atoms with Crippen LogP contribution < -0.4 is 5.32 Å². The van der Waals surface area contributed by atoms with Crippen molar-refractivity contribution in [3.63, 3.8) is 0 Å². The highest BCUT2D eigenvalue weighted by molar-refractivity contribution is 7.86. The molecule has 1 aromatic carbocycles. The lowest BCUT2D eigenvalue weighted by Gasteiger charge is -2.25. The van der Waals surface area contributed by atoms with Crippen LogP contribution in [-0.2, 0) is 21.5 Å². The zero-order valence-corrected chi connectivity index (χ0v) is 12.1. The number of nitrogens with zero attached hydrogens (tertiary/aromatic N) is 2. The molecule has 1 aromatic rings. The second kappa shape index (κ2) is 4.83. The van der Waals surface area contributed by atoms with Crippen molar-refractivity contribution < 1.29 is 13.2 Å². The van der Waals surface area contributed by atoms with Crippen LogP contribution in [0.5, 0.6) is 0 Å². The van der Waals surface area contributed by atoms with E-state index in [0.717, 1.165) is 18.4 Å². The molecule has 108 valence electrons. The van der Waals surface area contributed by atoms with Gasteiger partial charge < -0.3 is 5.32 Å². The standard InChI is InChI=1S/C13H17N3O3S/c1-15(11-6-7-11)20(18,19)16-8-10-4-2-3-5-12(10)14-13(17)9-16/h2-5,11H,6-9H2,1H3,(H,14,17). The first-order valence-electron chi connectivity index (χ1n) is 6.59. The molecule has 0 spiro atoms. The van der Waals surface area contributed by atoms with Gasteiger partial charge in [-0.3, -0.25) is 4.79 Å².